The van der Waals surface area contributed by atoms with Gasteiger partial charge in [0.1, 0.15) is 0 Å². The first-order valence-electron chi connectivity index (χ1n) is 8.52. The fourth-order valence-electron chi connectivity index (χ4n) is 3.17. The number of fused-ring (bicyclic) bond motifs is 1. The van der Waals surface area contributed by atoms with Crippen LogP contribution in [0.5, 0.6) is 0 Å². The van der Waals surface area contributed by atoms with Crippen LogP contribution in [0.4, 0.5) is 4.79 Å². The molecule has 26 heavy (non-hydrogen) atoms. The van der Waals surface area contributed by atoms with Gasteiger partial charge < -0.3 is 10.1 Å². The number of benzene rings is 1. The van der Waals surface area contributed by atoms with Crippen molar-refractivity contribution in [3.8, 4) is 0 Å². The molecule has 1 fully saturated rings. The quantitative estimate of drug-likeness (QED) is 0.846. The van der Waals surface area contributed by atoms with Gasteiger partial charge in [0, 0.05) is 24.2 Å². The first-order chi connectivity index (χ1) is 12.4. The van der Waals surface area contributed by atoms with Gasteiger partial charge in [-0.25, -0.2) is 4.79 Å². The Kier molecular flexibility index (Phi) is 4.88. The highest BCUT2D eigenvalue weighted by Crippen LogP contribution is 2.23. The molecule has 3 rings (SSSR count). The van der Waals surface area contributed by atoms with E-state index in [1.54, 1.807) is 0 Å². The monoisotopic (exact) mass is 355 g/mol. The smallest absolute Gasteiger partial charge is 0.324 e. The predicted molar refractivity (Wildman–Crippen MR) is 95.6 cm³/mol. The van der Waals surface area contributed by atoms with Gasteiger partial charge in [0.25, 0.3) is 5.91 Å². The first-order valence-corrected chi connectivity index (χ1v) is 8.52. The number of aryl methyl sites for hydroxylation is 2. The van der Waals surface area contributed by atoms with Crippen molar-refractivity contribution in [1.82, 2.24) is 15.2 Å². The Morgan fingerprint density at radius 2 is 2.04 bits per heavy atom. The molecule has 0 radical (unpaired) electrons. The lowest BCUT2D eigenvalue weighted by atomic mass is 9.99. The van der Waals surface area contributed by atoms with Crippen LogP contribution in [0.2, 0.25) is 0 Å². The van der Waals surface area contributed by atoms with Crippen LogP contribution in [0, 0.1) is 13.8 Å². The summed E-state index contributed by atoms with van der Waals surface area (Å²) in [5.74, 6) is -1.04. The number of rotatable bonds is 4. The molecule has 7 heteroatoms. The van der Waals surface area contributed by atoms with Gasteiger partial charge in [0.15, 0.2) is 6.10 Å². The molecule has 1 unspecified atom stereocenters. The number of carbonyl (C=O) groups excluding carboxylic acids is 3. The summed E-state index contributed by atoms with van der Waals surface area (Å²) in [7, 11) is 0. The zero-order chi connectivity index (χ0) is 18.8. The van der Waals surface area contributed by atoms with E-state index in [4.69, 9.17) is 4.74 Å². The number of nitrogens with one attached hydrogen (secondary N) is 1. The van der Waals surface area contributed by atoms with E-state index in [1.807, 2.05) is 38.1 Å². The Morgan fingerprint density at radius 1 is 1.31 bits per heavy atom. The Morgan fingerprint density at radius 3 is 2.73 bits per heavy atom. The van der Waals surface area contributed by atoms with E-state index in [-0.39, 0.29) is 13.0 Å². The zero-order valence-electron chi connectivity index (χ0n) is 15.0. The van der Waals surface area contributed by atoms with Crippen LogP contribution in [-0.4, -0.2) is 47.0 Å². The maximum atomic E-state index is 12.3. The molecule has 1 aromatic heterocycles. The lowest BCUT2D eigenvalue weighted by Gasteiger charge is -2.19. The molecule has 0 bridgehead atoms. The molecule has 3 amide bonds. The highest BCUT2D eigenvalue weighted by molar-refractivity contribution is 5.98. The number of aromatic nitrogens is 1. The molecule has 1 aliphatic rings. The van der Waals surface area contributed by atoms with Crippen LogP contribution in [0.15, 0.2) is 24.3 Å². The largest absolute Gasteiger partial charge is 0.452 e. The second-order valence-corrected chi connectivity index (χ2v) is 6.35. The van der Waals surface area contributed by atoms with E-state index < -0.39 is 24.0 Å². The maximum Gasteiger partial charge on any atom is 0.324 e. The molecular formula is C19H21N3O4. The average Bonchev–Trinajstić information content (AvgIpc) is 3.03. The molecular weight excluding hydrogens is 334 g/mol. The molecule has 1 atom stereocenters. The zero-order valence-corrected chi connectivity index (χ0v) is 15.0. The summed E-state index contributed by atoms with van der Waals surface area (Å²) in [6, 6.07) is 7.28. The lowest BCUT2D eigenvalue weighted by Crippen LogP contribution is -2.42. The molecule has 1 aliphatic heterocycles. The Balaban J connectivity index is 1.73. The van der Waals surface area contributed by atoms with Crippen LogP contribution < -0.4 is 5.32 Å². The maximum absolute atomic E-state index is 12.3. The molecule has 0 aliphatic carbocycles. The molecule has 1 N–H and O–H groups in total. The number of nitrogens with zero attached hydrogens (tertiary/aromatic N) is 2. The normalized spacial score (nSPS) is 15.0. The van der Waals surface area contributed by atoms with E-state index in [9.17, 15) is 14.4 Å². The summed E-state index contributed by atoms with van der Waals surface area (Å²) < 4.78 is 5.26. The number of carbonyl (C=O) groups is 3. The fraction of sp³-hybridized carbons (Fsp3) is 0.368. The number of ether oxygens (including phenoxy) is 1. The molecule has 136 valence electrons. The molecule has 2 heterocycles. The van der Waals surface area contributed by atoms with Gasteiger partial charge in [-0.05, 0) is 38.0 Å². The summed E-state index contributed by atoms with van der Waals surface area (Å²) in [5.41, 5.74) is 3.41. The van der Waals surface area contributed by atoms with Gasteiger partial charge in [-0.15, -0.1) is 0 Å². The fourth-order valence-corrected chi connectivity index (χ4v) is 3.17. The average molecular weight is 355 g/mol. The minimum Gasteiger partial charge on any atom is -0.452 e. The molecule has 0 spiro atoms. The van der Waals surface area contributed by atoms with Crippen LogP contribution in [0.1, 0.15) is 23.7 Å². The van der Waals surface area contributed by atoms with E-state index in [2.05, 4.69) is 10.3 Å². The Hall–Kier alpha value is -2.96. The number of esters is 1. The van der Waals surface area contributed by atoms with Crippen molar-refractivity contribution in [2.24, 2.45) is 0 Å². The summed E-state index contributed by atoms with van der Waals surface area (Å²) in [4.78, 5) is 41.7. The number of imide groups is 1. The second kappa shape index (κ2) is 7.11. The van der Waals surface area contributed by atoms with E-state index >= 15 is 0 Å². The van der Waals surface area contributed by atoms with Crippen LogP contribution >= 0.6 is 0 Å². The predicted octanol–water partition coefficient (Wildman–Crippen LogP) is 1.88. The molecule has 7 nitrogen and oxygen atoms in total. The number of urea groups is 1. The molecule has 2 aromatic rings. The SMILES string of the molecule is Cc1nc2ccccc2c(C)c1CC(=O)OC(C)C(=O)N1CCNC1=O. The molecule has 0 saturated carbocycles. The van der Waals surface area contributed by atoms with Gasteiger partial charge in [-0.1, -0.05) is 18.2 Å². The second-order valence-electron chi connectivity index (χ2n) is 6.35. The standard InChI is InChI=1S/C19H21N3O4/c1-11-14-6-4-5-7-16(14)21-12(2)15(11)10-17(23)26-13(3)18(24)22-9-8-20-19(22)25/h4-7,13H,8-10H2,1-3H3,(H,20,25). The van der Waals surface area contributed by atoms with Crippen molar-refractivity contribution >= 4 is 28.8 Å². The third-order valence-corrected chi connectivity index (χ3v) is 4.59. The van der Waals surface area contributed by atoms with Gasteiger partial charge in [-0.2, -0.15) is 0 Å². The number of hydrogen-bond donors (Lipinski definition) is 1. The van der Waals surface area contributed by atoms with Crippen LogP contribution in [0.3, 0.4) is 0 Å². The molecule has 1 aromatic carbocycles. The molecule has 1 saturated heterocycles. The number of amides is 3. The Labute approximate surface area is 151 Å². The topological polar surface area (TPSA) is 88.6 Å². The van der Waals surface area contributed by atoms with Crippen molar-refractivity contribution in [2.75, 3.05) is 13.1 Å². The van der Waals surface area contributed by atoms with E-state index in [0.29, 0.717) is 6.54 Å². The summed E-state index contributed by atoms with van der Waals surface area (Å²) in [6.07, 6.45) is -0.986. The van der Waals surface area contributed by atoms with Crippen molar-refractivity contribution in [3.05, 3.63) is 41.1 Å². The van der Waals surface area contributed by atoms with Crippen molar-refractivity contribution in [1.29, 1.82) is 0 Å². The van der Waals surface area contributed by atoms with Gasteiger partial charge in [0.05, 0.1) is 11.9 Å². The summed E-state index contributed by atoms with van der Waals surface area (Å²) >= 11 is 0. The Bertz CT molecular complexity index is 894. The van der Waals surface area contributed by atoms with Crippen molar-refractivity contribution in [3.63, 3.8) is 0 Å². The first kappa shape index (κ1) is 17.8. The van der Waals surface area contributed by atoms with Gasteiger partial charge >= 0.3 is 12.0 Å². The van der Waals surface area contributed by atoms with Gasteiger partial charge in [-0.3, -0.25) is 19.5 Å². The third kappa shape index (κ3) is 3.37. The van der Waals surface area contributed by atoms with Crippen molar-refractivity contribution < 1.29 is 19.1 Å². The minimum atomic E-state index is -1.01. The minimum absolute atomic E-state index is 0.0271. The number of pyridine rings is 1. The van der Waals surface area contributed by atoms with E-state index in [1.165, 1.54) is 6.92 Å². The lowest BCUT2D eigenvalue weighted by molar-refractivity contribution is -0.156. The summed E-state index contributed by atoms with van der Waals surface area (Å²) in [5, 5.41) is 3.53. The number of para-hydroxylation sites is 1. The van der Waals surface area contributed by atoms with Gasteiger partial charge in [0.2, 0.25) is 0 Å². The van der Waals surface area contributed by atoms with Crippen LogP contribution in [0.25, 0.3) is 10.9 Å². The highest BCUT2D eigenvalue weighted by Gasteiger charge is 2.31. The van der Waals surface area contributed by atoms with Crippen LogP contribution in [-0.2, 0) is 20.7 Å². The third-order valence-electron chi connectivity index (χ3n) is 4.59. The van der Waals surface area contributed by atoms with E-state index in [0.717, 1.165) is 32.6 Å². The number of hydrogen-bond acceptors (Lipinski definition) is 5. The highest BCUT2D eigenvalue weighted by atomic mass is 16.5. The van der Waals surface area contributed by atoms with Crippen molar-refractivity contribution in [2.45, 2.75) is 33.3 Å². The summed E-state index contributed by atoms with van der Waals surface area (Å²) in [6.45, 7) is 5.97.